The van der Waals surface area contributed by atoms with Gasteiger partial charge >= 0.3 is 0 Å². The number of carbonyl (C=O) groups is 2. The molecular formula is C24H33N3O4. The molecule has 1 aliphatic rings. The Morgan fingerprint density at radius 3 is 2.87 bits per heavy atom. The molecule has 0 saturated carbocycles. The van der Waals surface area contributed by atoms with Crippen molar-refractivity contribution in [1.29, 1.82) is 0 Å². The number of nitrogens with zero attached hydrogens (tertiary/aromatic N) is 2. The van der Waals surface area contributed by atoms with Crippen molar-refractivity contribution in [3.63, 3.8) is 0 Å². The maximum absolute atomic E-state index is 12.7. The van der Waals surface area contributed by atoms with Crippen LogP contribution >= 0.6 is 0 Å². The lowest BCUT2D eigenvalue weighted by Crippen LogP contribution is -2.40. The molecule has 2 amide bonds. The molecule has 2 heterocycles. The van der Waals surface area contributed by atoms with Gasteiger partial charge in [0.25, 0.3) is 0 Å². The fourth-order valence-corrected chi connectivity index (χ4v) is 4.18. The van der Waals surface area contributed by atoms with E-state index in [-0.39, 0.29) is 11.8 Å². The Morgan fingerprint density at radius 1 is 1.29 bits per heavy atom. The summed E-state index contributed by atoms with van der Waals surface area (Å²) in [5, 5.41) is 6.94. The molecule has 168 valence electrons. The molecule has 1 aromatic heterocycles. The van der Waals surface area contributed by atoms with E-state index in [0.717, 1.165) is 60.7 Å². The van der Waals surface area contributed by atoms with Gasteiger partial charge in [-0.2, -0.15) is 0 Å². The van der Waals surface area contributed by atoms with Crippen molar-refractivity contribution in [3.8, 4) is 5.75 Å². The van der Waals surface area contributed by atoms with Crippen LogP contribution in [0.1, 0.15) is 54.7 Å². The average molecular weight is 428 g/mol. The second-order valence-corrected chi connectivity index (χ2v) is 8.32. The number of nitrogens with one attached hydrogen (secondary N) is 1. The van der Waals surface area contributed by atoms with Gasteiger partial charge in [-0.05, 0) is 63.1 Å². The molecule has 3 rings (SSSR count). The van der Waals surface area contributed by atoms with Gasteiger partial charge in [-0.3, -0.25) is 9.59 Å². The number of hydrogen-bond acceptors (Lipinski definition) is 5. The molecule has 7 heteroatoms. The molecule has 1 aromatic carbocycles. The second-order valence-electron chi connectivity index (χ2n) is 8.32. The van der Waals surface area contributed by atoms with Gasteiger partial charge in [-0.15, -0.1) is 0 Å². The van der Waals surface area contributed by atoms with Gasteiger partial charge in [-0.1, -0.05) is 17.3 Å². The van der Waals surface area contributed by atoms with E-state index in [4.69, 9.17) is 9.26 Å². The Bertz CT molecular complexity index is 873. The van der Waals surface area contributed by atoms with Gasteiger partial charge in [-0.25, -0.2) is 0 Å². The topological polar surface area (TPSA) is 84.7 Å². The zero-order valence-corrected chi connectivity index (χ0v) is 18.8. The number of piperidine rings is 1. The maximum atomic E-state index is 12.7. The SMILES string of the molecule is COc1cccc(CNC(=O)CC[C@@H]2CCCN(C(=O)CCc3c(C)noc3C)C2)c1. The van der Waals surface area contributed by atoms with Crippen molar-refractivity contribution in [2.45, 2.75) is 58.9 Å². The molecule has 0 spiro atoms. The summed E-state index contributed by atoms with van der Waals surface area (Å²) in [5.41, 5.74) is 2.91. The summed E-state index contributed by atoms with van der Waals surface area (Å²) in [6, 6.07) is 7.69. The van der Waals surface area contributed by atoms with Gasteiger partial charge in [0.15, 0.2) is 0 Å². The van der Waals surface area contributed by atoms with Crippen LogP contribution in [0, 0.1) is 19.8 Å². The molecule has 1 fully saturated rings. The number of carbonyl (C=O) groups excluding carboxylic acids is 2. The molecule has 1 aliphatic heterocycles. The van der Waals surface area contributed by atoms with Crippen molar-refractivity contribution >= 4 is 11.8 Å². The van der Waals surface area contributed by atoms with Crippen LogP contribution in [0.25, 0.3) is 0 Å². The van der Waals surface area contributed by atoms with Crippen LogP contribution in [0.3, 0.4) is 0 Å². The molecule has 1 saturated heterocycles. The van der Waals surface area contributed by atoms with Gasteiger partial charge < -0.3 is 19.5 Å². The Balaban J connectivity index is 1.39. The fraction of sp³-hybridized carbons (Fsp3) is 0.542. The van der Waals surface area contributed by atoms with Gasteiger partial charge in [0, 0.05) is 38.0 Å². The highest BCUT2D eigenvalue weighted by Crippen LogP contribution is 2.23. The minimum absolute atomic E-state index is 0.0460. The zero-order chi connectivity index (χ0) is 22.2. The standard InChI is InChI=1S/C24H33N3O4/c1-17-22(18(2)31-26-17)10-12-24(29)27-13-5-7-19(16-27)9-11-23(28)25-15-20-6-4-8-21(14-20)30-3/h4,6,8,14,19H,5,7,9-13,15-16H2,1-3H3,(H,25,28)/t19-/m0/s1. The summed E-state index contributed by atoms with van der Waals surface area (Å²) >= 11 is 0. The number of benzene rings is 1. The van der Waals surface area contributed by atoms with Crippen LogP contribution < -0.4 is 10.1 Å². The molecule has 0 radical (unpaired) electrons. The lowest BCUT2D eigenvalue weighted by molar-refractivity contribution is -0.133. The smallest absolute Gasteiger partial charge is 0.222 e. The highest BCUT2D eigenvalue weighted by molar-refractivity contribution is 5.77. The minimum Gasteiger partial charge on any atom is -0.497 e. The summed E-state index contributed by atoms with van der Waals surface area (Å²) in [6.45, 7) is 5.83. The first-order chi connectivity index (χ1) is 15.0. The fourth-order valence-electron chi connectivity index (χ4n) is 4.18. The lowest BCUT2D eigenvalue weighted by Gasteiger charge is -2.33. The Kier molecular flexibility index (Phi) is 8.09. The normalized spacial score (nSPS) is 16.2. The summed E-state index contributed by atoms with van der Waals surface area (Å²) in [6.07, 6.45) is 4.47. The van der Waals surface area contributed by atoms with Crippen LogP contribution in [0.5, 0.6) is 5.75 Å². The monoisotopic (exact) mass is 427 g/mol. The molecule has 2 aromatic rings. The molecule has 0 unspecified atom stereocenters. The number of amides is 2. The third-order valence-electron chi connectivity index (χ3n) is 6.05. The first-order valence-corrected chi connectivity index (χ1v) is 11.1. The van der Waals surface area contributed by atoms with Crippen LogP contribution in [0.15, 0.2) is 28.8 Å². The number of aromatic nitrogens is 1. The predicted octanol–water partition coefficient (Wildman–Crippen LogP) is 3.57. The Hall–Kier alpha value is -2.83. The van der Waals surface area contributed by atoms with E-state index in [1.165, 1.54) is 0 Å². The van der Waals surface area contributed by atoms with E-state index in [9.17, 15) is 9.59 Å². The third-order valence-corrected chi connectivity index (χ3v) is 6.05. The van der Waals surface area contributed by atoms with Gasteiger partial charge in [0.05, 0.1) is 12.8 Å². The number of hydrogen-bond donors (Lipinski definition) is 1. The van der Waals surface area contributed by atoms with Crippen molar-refractivity contribution in [1.82, 2.24) is 15.4 Å². The summed E-state index contributed by atoms with van der Waals surface area (Å²) < 4.78 is 10.4. The quantitative estimate of drug-likeness (QED) is 0.661. The highest BCUT2D eigenvalue weighted by Gasteiger charge is 2.24. The maximum Gasteiger partial charge on any atom is 0.222 e. The van der Waals surface area contributed by atoms with E-state index >= 15 is 0 Å². The second kappa shape index (κ2) is 11.0. The van der Waals surface area contributed by atoms with E-state index in [2.05, 4.69) is 10.5 Å². The van der Waals surface area contributed by atoms with Crippen LogP contribution in [-0.2, 0) is 22.6 Å². The largest absolute Gasteiger partial charge is 0.497 e. The molecule has 0 bridgehead atoms. The first-order valence-electron chi connectivity index (χ1n) is 11.1. The Morgan fingerprint density at radius 2 is 2.13 bits per heavy atom. The predicted molar refractivity (Wildman–Crippen MR) is 118 cm³/mol. The Labute approximate surface area is 184 Å². The van der Waals surface area contributed by atoms with E-state index < -0.39 is 0 Å². The number of rotatable bonds is 9. The van der Waals surface area contributed by atoms with Crippen LogP contribution in [0.4, 0.5) is 0 Å². The third kappa shape index (κ3) is 6.57. The zero-order valence-electron chi connectivity index (χ0n) is 18.8. The van der Waals surface area contributed by atoms with Crippen molar-refractivity contribution in [3.05, 3.63) is 46.8 Å². The number of methoxy groups -OCH3 is 1. The molecule has 31 heavy (non-hydrogen) atoms. The first kappa shape index (κ1) is 22.8. The van der Waals surface area contributed by atoms with Crippen molar-refractivity contribution < 1.29 is 18.8 Å². The molecule has 1 N–H and O–H groups in total. The van der Waals surface area contributed by atoms with Crippen molar-refractivity contribution in [2.75, 3.05) is 20.2 Å². The van der Waals surface area contributed by atoms with E-state index in [1.807, 2.05) is 43.0 Å². The number of likely N-dealkylation sites (tertiary alicyclic amines) is 1. The molecule has 7 nitrogen and oxygen atoms in total. The minimum atomic E-state index is 0.0460. The van der Waals surface area contributed by atoms with Crippen LogP contribution in [0.2, 0.25) is 0 Å². The summed E-state index contributed by atoms with van der Waals surface area (Å²) in [7, 11) is 1.63. The van der Waals surface area contributed by atoms with E-state index in [1.54, 1.807) is 7.11 Å². The van der Waals surface area contributed by atoms with Gasteiger partial charge in [0.1, 0.15) is 11.5 Å². The highest BCUT2D eigenvalue weighted by atomic mass is 16.5. The molecule has 1 atom stereocenters. The number of aryl methyl sites for hydroxylation is 2. The van der Waals surface area contributed by atoms with Crippen molar-refractivity contribution in [2.24, 2.45) is 5.92 Å². The average Bonchev–Trinajstić information content (AvgIpc) is 3.12. The summed E-state index contributed by atoms with van der Waals surface area (Å²) in [4.78, 5) is 26.9. The van der Waals surface area contributed by atoms with Crippen LogP contribution in [-0.4, -0.2) is 42.1 Å². The lowest BCUT2D eigenvalue weighted by atomic mass is 9.93. The molecular weight excluding hydrogens is 394 g/mol. The number of ether oxygens (including phenoxy) is 1. The summed E-state index contributed by atoms with van der Waals surface area (Å²) in [5.74, 6) is 2.17. The molecule has 0 aliphatic carbocycles. The van der Waals surface area contributed by atoms with E-state index in [0.29, 0.717) is 31.7 Å². The van der Waals surface area contributed by atoms with Gasteiger partial charge in [0.2, 0.25) is 11.8 Å².